The van der Waals surface area contributed by atoms with Gasteiger partial charge in [0.25, 0.3) is 0 Å². The highest BCUT2D eigenvalue weighted by atomic mass is 16.5. The molecule has 98 valence electrons. The Morgan fingerprint density at radius 1 is 1.29 bits per heavy atom. The summed E-state index contributed by atoms with van der Waals surface area (Å²) < 4.78 is 10.7. The monoisotopic (exact) mass is 241 g/mol. The maximum atomic E-state index is 12.0. The lowest BCUT2D eigenvalue weighted by atomic mass is 9.79. The Balaban J connectivity index is 1.76. The Morgan fingerprint density at radius 3 is 2.82 bits per heavy atom. The van der Waals surface area contributed by atoms with E-state index in [1.54, 1.807) is 0 Å². The molecule has 17 heavy (non-hydrogen) atoms. The smallest absolute Gasteiger partial charge is 0.309 e. The van der Waals surface area contributed by atoms with Crippen LogP contribution in [-0.4, -0.2) is 32.3 Å². The van der Waals surface area contributed by atoms with Crippen LogP contribution in [0.3, 0.4) is 0 Å². The van der Waals surface area contributed by atoms with Gasteiger partial charge < -0.3 is 15.2 Å². The van der Waals surface area contributed by atoms with Crippen molar-refractivity contribution in [2.45, 2.75) is 32.1 Å². The van der Waals surface area contributed by atoms with E-state index in [-0.39, 0.29) is 11.9 Å². The van der Waals surface area contributed by atoms with Gasteiger partial charge in [0, 0.05) is 12.5 Å². The van der Waals surface area contributed by atoms with E-state index >= 15 is 0 Å². The number of rotatable bonds is 4. The van der Waals surface area contributed by atoms with Gasteiger partial charge in [0.05, 0.1) is 19.1 Å². The second-order valence-electron chi connectivity index (χ2n) is 5.25. The molecule has 1 aliphatic heterocycles. The van der Waals surface area contributed by atoms with Crippen molar-refractivity contribution in [3.8, 4) is 0 Å². The van der Waals surface area contributed by atoms with E-state index < -0.39 is 0 Å². The molecule has 4 heteroatoms. The van der Waals surface area contributed by atoms with Gasteiger partial charge in [0.2, 0.25) is 0 Å². The van der Waals surface area contributed by atoms with Crippen LogP contribution in [0, 0.1) is 17.8 Å². The first kappa shape index (κ1) is 12.8. The molecule has 0 aromatic heterocycles. The summed E-state index contributed by atoms with van der Waals surface area (Å²) >= 11 is 0. The molecule has 1 heterocycles. The zero-order valence-electron chi connectivity index (χ0n) is 10.4. The normalized spacial score (nSPS) is 33.6. The largest absolute Gasteiger partial charge is 0.465 e. The second-order valence-corrected chi connectivity index (χ2v) is 5.25. The molecule has 0 aromatic carbocycles. The number of ether oxygens (including phenoxy) is 2. The molecule has 3 atom stereocenters. The van der Waals surface area contributed by atoms with Crippen LogP contribution < -0.4 is 5.73 Å². The lowest BCUT2D eigenvalue weighted by Crippen LogP contribution is -2.34. The molecule has 1 aliphatic carbocycles. The minimum atomic E-state index is -0.0351. The summed E-state index contributed by atoms with van der Waals surface area (Å²) in [4.78, 5) is 12.0. The molecule has 2 rings (SSSR count). The molecule has 2 fully saturated rings. The number of hydrogen-bond acceptors (Lipinski definition) is 4. The van der Waals surface area contributed by atoms with Crippen molar-refractivity contribution in [3.05, 3.63) is 0 Å². The molecule has 2 N–H and O–H groups in total. The predicted molar refractivity (Wildman–Crippen MR) is 64.4 cm³/mol. The second kappa shape index (κ2) is 6.36. The van der Waals surface area contributed by atoms with E-state index in [4.69, 9.17) is 15.2 Å². The number of carbonyl (C=O) groups is 1. The van der Waals surface area contributed by atoms with Gasteiger partial charge in [0.15, 0.2) is 0 Å². The van der Waals surface area contributed by atoms with Crippen LogP contribution in [0.15, 0.2) is 0 Å². The Labute approximate surface area is 103 Å². The van der Waals surface area contributed by atoms with E-state index in [1.807, 2.05) is 0 Å². The van der Waals surface area contributed by atoms with Crippen LogP contribution in [-0.2, 0) is 14.3 Å². The van der Waals surface area contributed by atoms with E-state index in [0.717, 1.165) is 38.9 Å². The average Bonchev–Trinajstić information content (AvgIpc) is 2.89. The van der Waals surface area contributed by atoms with Crippen LogP contribution in [0.25, 0.3) is 0 Å². The van der Waals surface area contributed by atoms with Crippen molar-refractivity contribution in [1.82, 2.24) is 0 Å². The van der Waals surface area contributed by atoms with Crippen molar-refractivity contribution in [3.63, 3.8) is 0 Å². The molecule has 3 unspecified atom stereocenters. The molecule has 2 aliphatic rings. The highest BCUT2D eigenvalue weighted by molar-refractivity contribution is 5.73. The van der Waals surface area contributed by atoms with Crippen LogP contribution in [0.1, 0.15) is 32.1 Å². The molecule has 4 nitrogen and oxygen atoms in total. The summed E-state index contributed by atoms with van der Waals surface area (Å²) in [5.41, 5.74) is 5.72. The Bertz CT molecular complexity index is 251. The first-order valence-electron chi connectivity index (χ1n) is 6.75. The van der Waals surface area contributed by atoms with Gasteiger partial charge in [-0.3, -0.25) is 4.79 Å². The van der Waals surface area contributed by atoms with Crippen LogP contribution in [0.5, 0.6) is 0 Å². The summed E-state index contributed by atoms with van der Waals surface area (Å²) in [6.45, 7) is 2.66. The lowest BCUT2D eigenvalue weighted by Gasteiger charge is -2.29. The summed E-state index contributed by atoms with van der Waals surface area (Å²) in [6.07, 6.45) is 5.36. The van der Waals surface area contributed by atoms with Crippen molar-refractivity contribution in [2.75, 3.05) is 26.4 Å². The average molecular weight is 241 g/mol. The fourth-order valence-corrected chi connectivity index (χ4v) is 2.82. The number of esters is 1. The summed E-state index contributed by atoms with van der Waals surface area (Å²) in [6, 6.07) is 0. The zero-order valence-corrected chi connectivity index (χ0v) is 10.4. The molecule has 0 radical (unpaired) electrons. The van der Waals surface area contributed by atoms with Gasteiger partial charge >= 0.3 is 5.97 Å². The van der Waals surface area contributed by atoms with Gasteiger partial charge in [-0.25, -0.2) is 0 Å². The topological polar surface area (TPSA) is 61.6 Å². The molecule has 0 amide bonds. The standard InChI is InChI=1S/C13H23NO3/c14-7-11-3-1-2-4-12(11)13(15)17-9-10-5-6-16-8-10/h10-12H,1-9,14H2. The molecule has 0 aromatic rings. The maximum Gasteiger partial charge on any atom is 0.309 e. The zero-order chi connectivity index (χ0) is 12.1. The van der Waals surface area contributed by atoms with Crippen molar-refractivity contribution < 1.29 is 14.3 Å². The fourth-order valence-electron chi connectivity index (χ4n) is 2.82. The minimum Gasteiger partial charge on any atom is -0.465 e. The van der Waals surface area contributed by atoms with Gasteiger partial charge in [0.1, 0.15) is 0 Å². The van der Waals surface area contributed by atoms with E-state index in [9.17, 15) is 4.79 Å². The highest BCUT2D eigenvalue weighted by Crippen LogP contribution is 2.30. The van der Waals surface area contributed by atoms with Crippen LogP contribution >= 0.6 is 0 Å². The molecular formula is C13H23NO3. The number of carbonyl (C=O) groups excluding carboxylic acids is 1. The third-order valence-electron chi connectivity index (χ3n) is 4.00. The molecule has 1 saturated heterocycles. The molecule has 0 spiro atoms. The van der Waals surface area contributed by atoms with E-state index in [1.165, 1.54) is 6.42 Å². The SMILES string of the molecule is NCC1CCCCC1C(=O)OCC1CCOC1. The first-order valence-corrected chi connectivity index (χ1v) is 6.75. The van der Waals surface area contributed by atoms with Crippen molar-refractivity contribution in [2.24, 2.45) is 23.5 Å². The third-order valence-corrected chi connectivity index (χ3v) is 4.00. The molecular weight excluding hydrogens is 218 g/mol. The Hall–Kier alpha value is -0.610. The molecule has 0 bridgehead atoms. The van der Waals surface area contributed by atoms with Crippen LogP contribution in [0.4, 0.5) is 0 Å². The van der Waals surface area contributed by atoms with E-state index in [2.05, 4.69) is 0 Å². The van der Waals surface area contributed by atoms with Gasteiger partial charge in [-0.05, 0) is 31.7 Å². The van der Waals surface area contributed by atoms with Gasteiger partial charge in [-0.15, -0.1) is 0 Å². The maximum absolute atomic E-state index is 12.0. The van der Waals surface area contributed by atoms with Crippen LogP contribution in [0.2, 0.25) is 0 Å². The Morgan fingerprint density at radius 2 is 2.12 bits per heavy atom. The lowest BCUT2D eigenvalue weighted by molar-refractivity contribution is -0.153. The number of hydrogen-bond donors (Lipinski definition) is 1. The summed E-state index contributed by atoms with van der Waals surface area (Å²) in [5, 5.41) is 0. The predicted octanol–water partition coefficient (Wildman–Crippen LogP) is 1.33. The summed E-state index contributed by atoms with van der Waals surface area (Å²) in [7, 11) is 0. The van der Waals surface area contributed by atoms with Crippen molar-refractivity contribution in [1.29, 1.82) is 0 Å². The van der Waals surface area contributed by atoms with Gasteiger partial charge in [-0.1, -0.05) is 12.8 Å². The minimum absolute atomic E-state index is 0.0351. The Kier molecular flexibility index (Phi) is 4.80. The first-order chi connectivity index (χ1) is 8.31. The van der Waals surface area contributed by atoms with Gasteiger partial charge in [-0.2, -0.15) is 0 Å². The summed E-state index contributed by atoms with van der Waals surface area (Å²) in [5.74, 6) is 0.734. The fraction of sp³-hybridized carbons (Fsp3) is 0.923. The quantitative estimate of drug-likeness (QED) is 0.754. The highest BCUT2D eigenvalue weighted by Gasteiger charge is 2.31. The van der Waals surface area contributed by atoms with Crippen molar-refractivity contribution >= 4 is 5.97 Å². The number of nitrogens with two attached hydrogens (primary N) is 1. The molecule has 1 saturated carbocycles. The third kappa shape index (κ3) is 3.42. The van der Waals surface area contributed by atoms with E-state index in [0.29, 0.717) is 25.0 Å².